The molecule has 7 nitrogen and oxygen atoms in total. The maximum Gasteiger partial charge on any atom is 0.224 e. The zero-order valence-electron chi connectivity index (χ0n) is 16.9. The zero-order chi connectivity index (χ0) is 19.7. The van der Waals surface area contributed by atoms with Crippen LogP contribution in [0.2, 0.25) is 0 Å². The van der Waals surface area contributed by atoms with Gasteiger partial charge in [-0.2, -0.15) is 0 Å². The molecule has 0 bridgehead atoms. The fourth-order valence-electron chi connectivity index (χ4n) is 5.76. The van der Waals surface area contributed by atoms with E-state index in [1.165, 1.54) is 0 Å². The van der Waals surface area contributed by atoms with Gasteiger partial charge in [-0.3, -0.25) is 24.6 Å². The minimum absolute atomic E-state index is 0.0192. The Hall–Kier alpha value is -1.47. The van der Waals surface area contributed by atoms with Crippen molar-refractivity contribution in [2.45, 2.75) is 76.0 Å². The van der Waals surface area contributed by atoms with Gasteiger partial charge in [0.1, 0.15) is 6.17 Å². The van der Waals surface area contributed by atoms with Crippen LogP contribution in [-0.4, -0.2) is 60.9 Å². The molecule has 4 rings (SSSR count). The molecule has 2 saturated heterocycles. The quantitative estimate of drug-likeness (QED) is 0.660. The number of carbonyl (C=O) groups excluding carboxylic acids is 3. The number of fused-ring (bicyclic) bond motifs is 1. The topological polar surface area (TPSA) is 90.5 Å². The molecular weight excluding hydrogens is 356 g/mol. The molecule has 0 radical (unpaired) electrons. The van der Waals surface area contributed by atoms with Gasteiger partial charge in [-0.15, -0.1) is 0 Å². The first-order valence-electron chi connectivity index (χ1n) is 11.1. The summed E-state index contributed by atoms with van der Waals surface area (Å²) in [6, 6.07) is 0.313. The van der Waals surface area contributed by atoms with Gasteiger partial charge in [0.05, 0.1) is 5.92 Å². The summed E-state index contributed by atoms with van der Waals surface area (Å²) in [5.41, 5.74) is 0. The normalized spacial score (nSPS) is 39.1. The second-order valence-electron chi connectivity index (χ2n) is 9.23. The highest BCUT2D eigenvalue weighted by molar-refractivity contribution is 5.88. The van der Waals surface area contributed by atoms with Crippen LogP contribution in [-0.2, 0) is 14.4 Å². The molecule has 4 aliphatic rings. The van der Waals surface area contributed by atoms with Gasteiger partial charge in [0.15, 0.2) is 5.78 Å². The molecule has 28 heavy (non-hydrogen) atoms. The second-order valence-corrected chi connectivity index (χ2v) is 9.23. The fraction of sp³-hybridized carbons (Fsp3) is 0.857. The summed E-state index contributed by atoms with van der Waals surface area (Å²) in [6.45, 7) is 1.79. The Bertz CT molecular complexity index is 617. The van der Waals surface area contributed by atoms with E-state index < -0.39 is 0 Å². The van der Waals surface area contributed by atoms with Crippen LogP contribution in [0.4, 0.5) is 0 Å². The van der Waals surface area contributed by atoms with Crippen LogP contribution in [0.1, 0.15) is 57.8 Å². The molecule has 2 amide bonds. The molecule has 2 heterocycles. The first-order valence-corrected chi connectivity index (χ1v) is 11.1. The Balaban J connectivity index is 1.29. The van der Waals surface area contributed by atoms with Gasteiger partial charge in [-0.05, 0) is 51.5 Å². The van der Waals surface area contributed by atoms with Gasteiger partial charge in [-0.25, -0.2) is 0 Å². The third kappa shape index (κ3) is 4.10. The molecule has 0 aromatic rings. The largest absolute Gasteiger partial charge is 0.353 e. The first kappa shape index (κ1) is 19.8. The maximum atomic E-state index is 13.0. The average molecular weight is 391 g/mol. The van der Waals surface area contributed by atoms with E-state index >= 15 is 0 Å². The molecule has 0 aromatic heterocycles. The highest BCUT2D eigenvalue weighted by atomic mass is 16.2. The molecule has 2 saturated carbocycles. The van der Waals surface area contributed by atoms with Crippen molar-refractivity contribution in [3.8, 4) is 0 Å². The first-order chi connectivity index (χ1) is 13.5. The number of Topliss-reactive ketones (excluding diaryl/α,β-unsaturated/α-hetero) is 1. The van der Waals surface area contributed by atoms with Crippen LogP contribution in [0, 0.1) is 17.8 Å². The van der Waals surface area contributed by atoms with E-state index in [-0.39, 0.29) is 47.8 Å². The Labute approximate surface area is 167 Å². The fourth-order valence-corrected chi connectivity index (χ4v) is 5.76. The Morgan fingerprint density at radius 1 is 1.07 bits per heavy atom. The molecule has 4 unspecified atom stereocenters. The van der Waals surface area contributed by atoms with Gasteiger partial charge in [0, 0.05) is 37.5 Å². The van der Waals surface area contributed by atoms with Gasteiger partial charge < -0.3 is 10.6 Å². The summed E-state index contributed by atoms with van der Waals surface area (Å²) in [5.74, 6) is 0.570. The molecular formula is C21H34N4O3. The second kappa shape index (κ2) is 8.49. The molecule has 2 aliphatic heterocycles. The SMILES string of the molecule is CN1CCNC1C(=O)C1CCC(NC(=O)C2CC(=O)NC3CCCCC32)CC1. The molecule has 4 atom stereocenters. The smallest absolute Gasteiger partial charge is 0.224 e. The van der Waals surface area contributed by atoms with E-state index in [0.717, 1.165) is 64.5 Å². The molecule has 4 fully saturated rings. The number of nitrogens with zero attached hydrogens (tertiary/aromatic N) is 1. The lowest BCUT2D eigenvalue weighted by atomic mass is 9.72. The summed E-state index contributed by atoms with van der Waals surface area (Å²) < 4.78 is 0. The van der Waals surface area contributed by atoms with E-state index in [2.05, 4.69) is 20.9 Å². The molecule has 2 aliphatic carbocycles. The monoisotopic (exact) mass is 390 g/mol. The van der Waals surface area contributed by atoms with Gasteiger partial charge in [0.2, 0.25) is 11.8 Å². The predicted molar refractivity (Wildman–Crippen MR) is 105 cm³/mol. The molecule has 0 aromatic carbocycles. The minimum atomic E-state index is -0.185. The molecule has 0 spiro atoms. The summed E-state index contributed by atoms with van der Waals surface area (Å²) >= 11 is 0. The van der Waals surface area contributed by atoms with E-state index in [9.17, 15) is 14.4 Å². The Morgan fingerprint density at radius 3 is 2.54 bits per heavy atom. The van der Waals surface area contributed by atoms with Crippen molar-refractivity contribution < 1.29 is 14.4 Å². The number of hydrogen-bond acceptors (Lipinski definition) is 5. The number of nitrogens with one attached hydrogen (secondary N) is 3. The predicted octanol–water partition coefficient (Wildman–Crippen LogP) is 0.787. The Kier molecular flexibility index (Phi) is 6.01. The standard InChI is InChI=1S/C21H34N4O3/c1-25-11-10-22-20(25)19(27)13-6-8-14(9-7-13)23-21(28)16-12-18(26)24-17-5-3-2-4-15(16)17/h13-17,20,22H,2-12H2,1H3,(H,23,28)(H,24,26). The summed E-state index contributed by atoms with van der Waals surface area (Å²) in [6.07, 6.45) is 7.89. The van der Waals surface area contributed by atoms with Crippen molar-refractivity contribution in [3.63, 3.8) is 0 Å². The lowest BCUT2D eigenvalue weighted by molar-refractivity contribution is -0.138. The van der Waals surface area contributed by atoms with Crippen LogP contribution in [0.5, 0.6) is 0 Å². The van der Waals surface area contributed by atoms with E-state index in [4.69, 9.17) is 0 Å². The molecule has 3 N–H and O–H groups in total. The van der Waals surface area contributed by atoms with E-state index in [0.29, 0.717) is 12.2 Å². The van der Waals surface area contributed by atoms with Crippen LogP contribution in [0.25, 0.3) is 0 Å². The summed E-state index contributed by atoms with van der Waals surface area (Å²) in [4.78, 5) is 39.8. The van der Waals surface area contributed by atoms with Crippen LogP contribution in [0.3, 0.4) is 0 Å². The van der Waals surface area contributed by atoms with Crippen molar-refractivity contribution >= 4 is 17.6 Å². The van der Waals surface area contributed by atoms with Gasteiger partial charge in [0.25, 0.3) is 0 Å². The summed E-state index contributed by atoms with van der Waals surface area (Å²) in [5, 5.41) is 9.60. The van der Waals surface area contributed by atoms with E-state index in [1.54, 1.807) is 0 Å². The number of likely N-dealkylation sites (N-methyl/N-ethyl adjacent to an activating group) is 1. The number of ketones is 1. The number of rotatable bonds is 4. The minimum Gasteiger partial charge on any atom is -0.353 e. The van der Waals surface area contributed by atoms with Crippen LogP contribution in [0.15, 0.2) is 0 Å². The van der Waals surface area contributed by atoms with Crippen molar-refractivity contribution in [3.05, 3.63) is 0 Å². The zero-order valence-corrected chi connectivity index (χ0v) is 16.9. The van der Waals surface area contributed by atoms with Gasteiger partial charge in [-0.1, -0.05) is 12.8 Å². The Morgan fingerprint density at radius 2 is 1.82 bits per heavy atom. The number of piperidine rings is 1. The molecule has 156 valence electrons. The van der Waals surface area contributed by atoms with Crippen LogP contribution < -0.4 is 16.0 Å². The average Bonchev–Trinajstić information content (AvgIpc) is 3.13. The van der Waals surface area contributed by atoms with E-state index in [1.807, 2.05) is 7.05 Å². The van der Waals surface area contributed by atoms with Crippen molar-refractivity contribution in [2.24, 2.45) is 17.8 Å². The molecule has 7 heteroatoms. The van der Waals surface area contributed by atoms with Crippen LogP contribution >= 0.6 is 0 Å². The highest BCUT2D eigenvalue weighted by Crippen LogP contribution is 2.36. The van der Waals surface area contributed by atoms with Gasteiger partial charge >= 0.3 is 0 Å². The number of amides is 2. The lowest BCUT2D eigenvalue weighted by Crippen LogP contribution is -2.55. The maximum absolute atomic E-state index is 13.0. The third-order valence-corrected chi connectivity index (χ3v) is 7.41. The van der Waals surface area contributed by atoms with Crippen molar-refractivity contribution in [1.82, 2.24) is 20.9 Å². The van der Waals surface area contributed by atoms with Crippen molar-refractivity contribution in [2.75, 3.05) is 20.1 Å². The summed E-state index contributed by atoms with van der Waals surface area (Å²) in [7, 11) is 1.99. The highest BCUT2D eigenvalue weighted by Gasteiger charge is 2.42. The van der Waals surface area contributed by atoms with Crippen molar-refractivity contribution in [1.29, 1.82) is 0 Å². The lowest BCUT2D eigenvalue weighted by Gasteiger charge is -2.41. The number of carbonyl (C=O) groups is 3. The third-order valence-electron chi connectivity index (χ3n) is 7.41. The number of hydrogen-bond donors (Lipinski definition) is 3.